The fraction of sp³-hybridized carbons (Fsp3) is 0.571. The molecule has 0 aromatic heterocycles. The highest BCUT2D eigenvalue weighted by atomic mass is 16.3. The molecule has 0 amide bonds. The summed E-state index contributed by atoms with van der Waals surface area (Å²) in [5.74, 6) is 0. The van der Waals surface area contributed by atoms with Gasteiger partial charge in [0.05, 0.1) is 6.10 Å². The van der Waals surface area contributed by atoms with Crippen LogP contribution >= 0.6 is 0 Å². The van der Waals surface area contributed by atoms with Gasteiger partial charge < -0.3 is 15.7 Å². The van der Waals surface area contributed by atoms with Crippen molar-refractivity contribution in [3.05, 3.63) is 34.9 Å². The molecule has 0 bridgehead atoms. The van der Waals surface area contributed by atoms with Crippen LogP contribution in [0.25, 0.3) is 0 Å². The van der Waals surface area contributed by atoms with Gasteiger partial charge >= 0.3 is 0 Å². The topological polar surface area (TPSA) is 49.5 Å². The highest BCUT2D eigenvalue weighted by Crippen LogP contribution is 2.20. The number of benzene rings is 1. The van der Waals surface area contributed by atoms with Gasteiger partial charge in [0, 0.05) is 6.04 Å². The Morgan fingerprint density at radius 1 is 1.18 bits per heavy atom. The van der Waals surface area contributed by atoms with Crippen molar-refractivity contribution < 1.29 is 5.11 Å². The lowest BCUT2D eigenvalue weighted by Gasteiger charge is -2.21. The first-order valence-electron chi connectivity index (χ1n) is 6.06. The van der Waals surface area contributed by atoms with Gasteiger partial charge in [-0.05, 0) is 46.5 Å². The van der Waals surface area contributed by atoms with E-state index >= 15 is 0 Å². The van der Waals surface area contributed by atoms with Crippen LogP contribution in [0.15, 0.2) is 18.2 Å². The van der Waals surface area contributed by atoms with Crippen LogP contribution in [0.5, 0.6) is 0 Å². The molecule has 1 aromatic carbocycles. The Bertz CT molecular complexity index is 343. The maximum atomic E-state index is 10.2. The predicted molar refractivity (Wildman–Crippen MR) is 72.0 cm³/mol. The largest absolute Gasteiger partial charge is 0.387 e. The third-order valence-corrected chi connectivity index (χ3v) is 2.90. The van der Waals surface area contributed by atoms with Gasteiger partial charge in [-0.15, -0.1) is 0 Å². The van der Waals surface area contributed by atoms with Gasteiger partial charge in [0.25, 0.3) is 0 Å². The molecule has 0 aliphatic carbocycles. The minimum Gasteiger partial charge on any atom is -0.387 e. The Labute approximate surface area is 104 Å². The molecule has 0 aliphatic rings. The average molecular weight is 236 g/mol. The molecule has 0 fully saturated rings. The molecule has 3 heteroatoms. The van der Waals surface area contributed by atoms with Gasteiger partial charge in [-0.1, -0.05) is 29.3 Å². The van der Waals surface area contributed by atoms with Crippen molar-refractivity contribution in [1.29, 1.82) is 0 Å². The maximum Gasteiger partial charge on any atom is 0.0941 e. The molecule has 0 spiro atoms. The second-order valence-corrected chi connectivity index (χ2v) is 5.12. The Morgan fingerprint density at radius 3 is 2.18 bits per heavy atom. The summed E-state index contributed by atoms with van der Waals surface area (Å²) >= 11 is 0. The van der Waals surface area contributed by atoms with E-state index in [4.69, 9.17) is 5.73 Å². The molecule has 0 heterocycles. The fourth-order valence-corrected chi connectivity index (χ4v) is 1.99. The van der Waals surface area contributed by atoms with Crippen LogP contribution in [0.3, 0.4) is 0 Å². The Morgan fingerprint density at radius 2 is 1.71 bits per heavy atom. The SMILES string of the molecule is Cc1cc(C)cc(C(O)C(N)CCN(C)C)c1. The number of hydrogen-bond acceptors (Lipinski definition) is 3. The summed E-state index contributed by atoms with van der Waals surface area (Å²) in [6, 6.07) is 5.90. The Balaban J connectivity index is 2.70. The van der Waals surface area contributed by atoms with Crippen molar-refractivity contribution in [2.24, 2.45) is 5.73 Å². The van der Waals surface area contributed by atoms with Crippen molar-refractivity contribution >= 4 is 0 Å². The summed E-state index contributed by atoms with van der Waals surface area (Å²) in [4.78, 5) is 2.08. The number of nitrogens with zero attached hydrogens (tertiary/aromatic N) is 1. The van der Waals surface area contributed by atoms with Crippen molar-refractivity contribution in [3.8, 4) is 0 Å². The van der Waals surface area contributed by atoms with E-state index in [-0.39, 0.29) is 6.04 Å². The van der Waals surface area contributed by atoms with E-state index in [9.17, 15) is 5.11 Å². The third kappa shape index (κ3) is 4.46. The maximum absolute atomic E-state index is 10.2. The zero-order valence-corrected chi connectivity index (χ0v) is 11.3. The Kier molecular flexibility index (Phi) is 5.12. The van der Waals surface area contributed by atoms with Crippen molar-refractivity contribution in [2.75, 3.05) is 20.6 Å². The zero-order chi connectivity index (χ0) is 13.0. The molecule has 1 rings (SSSR count). The van der Waals surface area contributed by atoms with Gasteiger partial charge in [-0.3, -0.25) is 0 Å². The molecule has 0 radical (unpaired) electrons. The molecule has 3 N–H and O–H groups in total. The molecule has 0 saturated heterocycles. The summed E-state index contributed by atoms with van der Waals surface area (Å²) in [5, 5.41) is 10.2. The van der Waals surface area contributed by atoms with Crippen LogP contribution in [0.4, 0.5) is 0 Å². The van der Waals surface area contributed by atoms with Crippen LogP contribution in [-0.4, -0.2) is 36.7 Å². The van der Waals surface area contributed by atoms with Crippen molar-refractivity contribution in [2.45, 2.75) is 32.4 Å². The van der Waals surface area contributed by atoms with E-state index < -0.39 is 6.10 Å². The average Bonchev–Trinajstić information content (AvgIpc) is 2.23. The summed E-state index contributed by atoms with van der Waals surface area (Å²) in [7, 11) is 4.02. The summed E-state index contributed by atoms with van der Waals surface area (Å²) < 4.78 is 0. The number of aliphatic hydroxyl groups excluding tert-OH is 1. The van der Waals surface area contributed by atoms with E-state index in [2.05, 4.69) is 11.0 Å². The minimum absolute atomic E-state index is 0.210. The van der Waals surface area contributed by atoms with E-state index in [1.165, 1.54) is 11.1 Å². The molecule has 2 unspecified atom stereocenters. The Hall–Kier alpha value is -0.900. The van der Waals surface area contributed by atoms with E-state index in [1.807, 2.05) is 40.1 Å². The van der Waals surface area contributed by atoms with Crippen molar-refractivity contribution in [3.63, 3.8) is 0 Å². The van der Waals surface area contributed by atoms with E-state index in [1.54, 1.807) is 0 Å². The molecular weight excluding hydrogens is 212 g/mol. The van der Waals surface area contributed by atoms with Gasteiger partial charge in [0.15, 0.2) is 0 Å². The van der Waals surface area contributed by atoms with Crippen LogP contribution in [0.2, 0.25) is 0 Å². The summed E-state index contributed by atoms with van der Waals surface area (Å²) in [5.41, 5.74) is 9.28. The van der Waals surface area contributed by atoms with Crippen LogP contribution in [0, 0.1) is 13.8 Å². The molecule has 96 valence electrons. The number of aryl methyl sites for hydroxylation is 2. The van der Waals surface area contributed by atoms with Crippen LogP contribution in [-0.2, 0) is 0 Å². The fourth-order valence-electron chi connectivity index (χ4n) is 1.99. The first-order chi connectivity index (χ1) is 7.90. The number of nitrogens with two attached hydrogens (primary N) is 1. The number of rotatable bonds is 5. The van der Waals surface area contributed by atoms with E-state index in [0.29, 0.717) is 0 Å². The lowest BCUT2D eigenvalue weighted by atomic mass is 9.97. The number of aliphatic hydroxyl groups is 1. The molecule has 17 heavy (non-hydrogen) atoms. The normalized spacial score (nSPS) is 15.0. The minimum atomic E-state index is -0.575. The summed E-state index contributed by atoms with van der Waals surface area (Å²) in [6.45, 7) is 4.96. The van der Waals surface area contributed by atoms with Crippen LogP contribution in [0.1, 0.15) is 29.2 Å². The standard InChI is InChI=1S/C14H24N2O/c1-10-7-11(2)9-12(8-10)14(17)13(15)5-6-16(3)4/h7-9,13-14,17H,5-6,15H2,1-4H3. The highest BCUT2D eigenvalue weighted by Gasteiger charge is 2.17. The van der Waals surface area contributed by atoms with Gasteiger partial charge in [-0.25, -0.2) is 0 Å². The van der Waals surface area contributed by atoms with Gasteiger partial charge in [-0.2, -0.15) is 0 Å². The first-order valence-corrected chi connectivity index (χ1v) is 6.06. The molecular formula is C14H24N2O. The van der Waals surface area contributed by atoms with Gasteiger partial charge in [0.1, 0.15) is 0 Å². The monoisotopic (exact) mass is 236 g/mol. The zero-order valence-electron chi connectivity index (χ0n) is 11.3. The second-order valence-electron chi connectivity index (χ2n) is 5.12. The van der Waals surface area contributed by atoms with Gasteiger partial charge in [0.2, 0.25) is 0 Å². The molecule has 1 aromatic rings. The first kappa shape index (κ1) is 14.2. The van der Waals surface area contributed by atoms with Crippen LogP contribution < -0.4 is 5.73 Å². The molecule has 0 saturated carbocycles. The molecule has 0 aliphatic heterocycles. The molecule has 3 nitrogen and oxygen atoms in total. The third-order valence-electron chi connectivity index (χ3n) is 2.90. The second kappa shape index (κ2) is 6.15. The lowest BCUT2D eigenvalue weighted by Crippen LogP contribution is -2.32. The number of hydrogen-bond donors (Lipinski definition) is 2. The highest BCUT2D eigenvalue weighted by molar-refractivity contribution is 5.30. The lowest BCUT2D eigenvalue weighted by molar-refractivity contribution is 0.137. The predicted octanol–water partition coefficient (Wildman–Crippen LogP) is 1.62. The summed E-state index contributed by atoms with van der Waals surface area (Å²) in [6.07, 6.45) is 0.217. The van der Waals surface area contributed by atoms with E-state index in [0.717, 1.165) is 18.5 Å². The smallest absolute Gasteiger partial charge is 0.0941 e. The quantitative estimate of drug-likeness (QED) is 0.816. The van der Waals surface area contributed by atoms with Crippen molar-refractivity contribution in [1.82, 2.24) is 4.90 Å². The molecule has 2 atom stereocenters.